The molecule has 0 heterocycles. The molecule has 0 aliphatic rings. The van der Waals surface area contributed by atoms with E-state index in [1.165, 1.54) is 18.3 Å². The van der Waals surface area contributed by atoms with Crippen LogP contribution in [0.2, 0.25) is 0 Å². The van der Waals surface area contributed by atoms with Crippen LogP contribution in [0.1, 0.15) is 19.4 Å². The molecule has 0 aliphatic carbocycles. The average molecular weight is 306 g/mol. The van der Waals surface area contributed by atoms with Crippen molar-refractivity contribution in [2.45, 2.75) is 19.9 Å². The fourth-order valence-corrected chi connectivity index (χ4v) is 1.34. The van der Waals surface area contributed by atoms with Crippen molar-refractivity contribution in [3.05, 3.63) is 29.8 Å². The largest absolute Gasteiger partial charge is 0.546 e. The Morgan fingerprint density at radius 3 is 2.41 bits per heavy atom. The van der Waals surface area contributed by atoms with E-state index in [0.717, 1.165) is 0 Å². The van der Waals surface area contributed by atoms with E-state index >= 15 is 0 Å². The minimum atomic E-state index is -1.31. The smallest absolute Gasteiger partial charge is 0.329 e. The first-order valence-electron chi connectivity index (χ1n) is 6.45. The first kappa shape index (κ1) is 17.2. The maximum absolute atomic E-state index is 11.4. The molecule has 0 fully saturated rings. The van der Waals surface area contributed by atoms with Gasteiger partial charge in [0.25, 0.3) is 0 Å². The Labute approximate surface area is 127 Å². The number of amides is 2. The van der Waals surface area contributed by atoms with Crippen LogP contribution in [-0.2, 0) is 14.4 Å². The lowest BCUT2D eigenvalue weighted by Crippen LogP contribution is -2.41. The molecule has 2 N–H and O–H groups in total. The van der Waals surface area contributed by atoms with E-state index in [1.54, 1.807) is 26.0 Å². The second-order valence-electron chi connectivity index (χ2n) is 4.56. The van der Waals surface area contributed by atoms with Crippen LogP contribution in [0, 0.1) is 0 Å². The lowest BCUT2D eigenvalue weighted by atomic mass is 10.2. The summed E-state index contributed by atoms with van der Waals surface area (Å²) in [5.41, 5.74) is 2.72. The molecule has 0 radical (unpaired) electrons. The lowest BCUT2D eigenvalue weighted by molar-refractivity contribution is -0.307. The Balaban J connectivity index is 2.48. The summed E-state index contributed by atoms with van der Waals surface area (Å²) in [5.74, 6) is -2.58. The molecule has 118 valence electrons. The summed E-state index contributed by atoms with van der Waals surface area (Å²) in [5, 5.41) is 16.3. The number of hydrazone groups is 1. The highest BCUT2D eigenvalue weighted by Crippen LogP contribution is 2.10. The molecule has 0 aromatic heterocycles. The number of carboxylic acid groups (broad SMARTS) is 1. The van der Waals surface area contributed by atoms with Crippen molar-refractivity contribution in [1.29, 1.82) is 0 Å². The van der Waals surface area contributed by atoms with Crippen molar-refractivity contribution in [3.63, 3.8) is 0 Å². The Bertz CT molecular complexity index is 566. The van der Waals surface area contributed by atoms with Gasteiger partial charge in [-0.15, -0.1) is 0 Å². The summed E-state index contributed by atoms with van der Waals surface area (Å²) < 4.78 is 4.90. The van der Waals surface area contributed by atoms with Crippen molar-refractivity contribution in [1.82, 2.24) is 10.7 Å². The molecular formula is C14H16N3O5-. The Morgan fingerprint density at radius 2 is 1.86 bits per heavy atom. The third-order valence-electron chi connectivity index (χ3n) is 2.24. The summed E-state index contributed by atoms with van der Waals surface area (Å²) in [6, 6.07) is 6.15. The molecule has 0 spiro atoms. The highest BCUT2D eigenvalue weighted by molar-refractivity contribution is 6.35. The van der Waals surface area contributed by atoms with E-state index < -0.39 is 24.4 Å². The van der Waals surface area contributed by atoms with Crippen LogP contribution in [0.4, 0.5) is 0 Å². The number of nitrogens with one attached hydrogen (secondary N) is 2. The van der Waals surface area contributed by atoms with E-state index in [2.05, 4.69) is 15.8 Å². The standard InChI is InChI=1S/C14H17N3O5/c1-9(2)16-13(20)14(21)17-15-7-10-3-5-11(6-4-10)22-8-12(18)19/h3-7,9H,8H2,1-2H3,(H,16,20)(H,17,21)(H,18,19)/p-1/b15-7-. The molecule has 0 unspecified atom stereocenters. The number of ether oxygens (including phenoxy) is 1. The van der Waals surface area contributed by atoms with Crippen LogP contribution >= 0.6 is 0 Å². The predicted molar refractivity (Wildman–Crippen MR) is 76.0 cm³/mol. The van der Waals surface area contributed by atoms with Crippen LogP contribution in [0.15, 0.2) is 29.4 Å². The molecule has 1 aromatic carbocycles. The molecule has 0 atom stereocenters. The third-order valence-corrected chi connectivity index (χ3v) is 2.24. The number of nitrogens with zero attached hydrogens (tertiary/aromatic N) is 1. The molecule has 1 rings (SSSR count). The molecule has 22 heavy (non-hydrogen) atoms. The molecule has 0 saturated heterocycles. The number of aliphatic carboxylic acids is 1. The van der Waals surface area contributed by atoms with Crippen molar-refractivity contribution >= 4 is 24.0 Å². The van der Waals surface area contributed by atoms with Crippen LogP contribution in [0.3, 0.4) is 0 Å². The molecule has 0 aliphatic heterocycles. The maximum Gasteiger partial charge on any atom is 0.329 e. The van der Waals surface area contributed by atoms with E-state index in [1.807, 2.05) is 0 Å². The number of benzene rings is 1. The second kappa shape index (κ2) is 8.40. The summed E-state index contributed by atoms with van der Waals surface area (Å²) in [6.45, 7) is 2.94. The van der Waals surface area contributed by atoms with Gasteiger partial charge in [-0.1, -0.05) is 0 Å². The minimum Gasteiger partial charge on any atom is -0.546 e. The van der Waals surface area contributed by atoms with E-state index in [4.69, 9.17) is 4.74 Å². The maximum atomic E-state index is 11.4. The fourth-order valence-electron chi connectivity index (χ4n) is 1.34. The second-order valence-corrected chi connectivity index (χ2v) is 4.56. The van der Waals surface area contributed by atoms with Gasteiger partial charge in [0, 0.05) is 6.04 Å². The molecular weight excluding hydrogens is 290 g/mol. The number of rotatable bonds is 6. The number of hydrogen-bond donors (Lipinski definition) is 2. The van der Waals surface area contributed by atoms with E-state index in [0.29, 0.717) is 11.3 Å². The third kappa shape index (κ3) is 6.51. The quantitative estimate of drug-likeness (QED) is 0.388. The Kier molecular flexibility index (Phi) is 6.55. The number of hydrogen-bond acceptors (Lipinski definition) is 6. The first-order valence-corrected chi connectivity index (χ1v) is 6.45. The highest BCUT2D eigenvalue weighted by Gasteiger charge is 2.12. The lowest BCUT2D eigenvalue weighted by Gasteiger charge is -2.06. The van der Waals surface area contributed by atoms with Crippen LogP contribution < -0.4 is 20.6 Å². The molecule has 8 nitrogen and oxygen atoms in total. The van der Waals surface area contributed by atoms with Crippen molar-refractivity contribution in [2.24, 2.45) is 5.10 Å². The molecule has 2 amide bonds. The van der Waals surface area contributed by atoms with Crippen molar-refractivity contribution < 1.29 is 24.2 Å². The van der Waals surface area contributed by atoms with Gasteiger partial charge >= 0.3 is 11.8 Å². The predicted octanol–water partition coefficient (Wildman–Crippen LogP) is -1.21. The fraction of sp³-hybridized carbons (Fsp3) is 0.286. The zero-order valence-corrected chi connectivity index (χ0v) is 12.2. The minimum absolute atomic E-state index is 0.143. The van der Waals surface area contributed by atoms with Gasteiger partial charge in [0.05, 0.1) is 12.2 Å². The van der Waals surface area contributed by atoms with Crippen LogP contribution in [0.5, 0.6) is 5.75 Å². The van der Waals surface area contributed by atoms with Crippen LogP contribution in [-0.4, -0.2) is 36.6 Å². The number of carboxylic acids is 1. The summed E-state index contributed by atoms with van der Waals surface area (Å²) in [7, 11) is 0. The molecule has 0 saturated carbocycles. The number of carbonyl (C=O) groups is 3. The molecule has 8 heteroatoms. The van der Waals surface area contributed by atoms with Gasteiger partial charge in [-0.05, 0) is 43.7 Å². The topological polar surface area (TPSA) is 120 Å². The van der Waals surface area contributed by atoms with E-state index in [-0.39, 0.29) is 6.04 Å². The van der Waals surface area contributed by atoms with Gasteiger partial charge in [-0.3, -0.25) is 9.59 Å². The van der Waals surface area contributed by atoms with Crippen molar-refractivity contribution in [3.8, 4) is 5.75 Å². The monoisotopic (exact) mass is 306 g/mol. The van der Waals surface area contributed by atoms with E-state index in [9.17, 15) is 19.5 Å². The first-order chi connectivity index (χ1) is 10.4. The number of carbonyl (C=O) groups excluding carboxylic acids is 3. The molecule has 1 aromatic rings. The summed E-state index contributed by atoms with van der Waals surface area (Å²) >= 11 is 0. The van der Waals surface area contributed by atoms with Gasteiger partial charge in [-0.25, -0.2) is 5.43 Å². The van der Waals surface area contributed by atoms with Gasteiger partial charge in [0.1, 0.15) is 12.4 Å². The average Bonchev–Trinajstić information content (AvgIpc) is 2.45. The van der Waals surface area contributed by atoms with Crippen molar-refractivity contribution in [2.75, 3.05) is 6.61 Å². The normalized spacial score (nSPS) is 10.5. The summed E-state index contributed by atoms with van der Waals surface area (Å²) in [4.78, 5) is 32.9. The Morgan fingerprint density at radius 1 is 1.23 bits per heavy atom. The zero-order valence-electron chi connectivity index (χ0n) is 12.2. The SMILES string of the molecule is CC(C)NC(=O)C(=O)N/N=C\c1ccc(OCC(=O)[O-])cc1. The highest BCUT2D eigenvalue weighted by atomic mass is 16.5. The van der Waals surface area contributed by atoms with Crippen LogP contribution in [0.25, 0.3) is 0 Å². The van der Waals surface area contributed by atoms with Gasteiger partial charge in [0.2, 0.25) is 0 Å². The summed E-state index contributed by atoms with van der Waals surface area (Å²) in [6.07, 6.45) is 1.34. The van der Waals surface area contributed by atoms with Gasteiger partial charge < -0.3 is 20.0 Å². The zero-order chi connectivity index (χ0) is 16.5. The molecule has 0 bridgehead atoms. The van der Waals surface area contributed by atoms with Gasteiger partial charge in [0.15, 0.2) is 0 Å². The Hall–Kier alpha value is -2.90. The van der Waals surface area contributed by atoms with Gasteiger partial charge in [-0.2, -0.15) is 5.10 Å².